The monoisotopic (exact) mass is 256 g/mol. The number of rotatable bonds is 3. The van der Waals surface area contributed by atoms with Gasteiger partial charge in [-0.1, -0.05) is 34.1 Å². The average Bonchev–Trinajstić information content (AvgIpc) is 2.16. The van der Waals surface area contributed by atoms with Crippen molar-refractivity contribution in [3.05, 3.63) is 34.3 Å². The summed E-state index contributed by atoms with van der Waals surface area (Å²) in [5.41, 5.74) is 6.46. The summed E-state index contributed by atoms with van der Waals surface area (Å²) in [5, 5.41) is 2.75. The van der Waals surface area contributed by atoms with E-state index < -0.39 is 6.04 Å². The second-order valence-corrected chi connectivity index (χ2v) is 3.95. The fourth-order valence-electron chi connectivity index (χ4n) is 0.985. The van der Waals surface area contributed by atoms with Gasteiger partial charge in [0.2, 0.25) is 5.91 Å². The molecule has 0 spiro atoms. The SMILES string of the molecule is C[C@H](N)C(=O)NCc1ccccc1Br. The third-order valence-electron chi connectivity index (χ3n) is 1.82. The Hall–Kier alpha value is -0.870. The van der Waals surface area contributed by atoms with Crippen LogP contribution in [0.2, 0.25) is 0 Å². The van der Waals surface area contributed by atoms with Crippen molar-refractivity contribution in [1.29, 1.82) is 0 Å². The zero-order chi connectivity index (χ0) is 10.6. The minimum atomic E-state index is -0.461. The van der Waals surface area contributed by atoms with Gasteiger partial charge in [-0.2, -0.15) is 0 Å². The fourth-order valence-corrected chi connectivity index (χ4v) is 1.41. The van der Waals surface area contributed by atoms with Crippen molar-refractivity contribution in [2.75, 3.05) is 0 Å². The summed E-state index contributed by atoms with van der Waals surface area (Å²) in [6.45, 7) is 2.16. The quantitative estimate of drug-likeness (QED) is 0.860. The van der Waals surface area contributed by atoms with Gasteiger partial charge in [-0.25, -0.2) is 0 Å². The van der Waals surface area contributed by atoms with Crippen LogP contribution in [0.3, 0.4) is 0 Å². The van der Waals surface area contributed by atoms with Gasteiger partial charge < -0.3 is 11.1 Å². The zero-order valence-corrected chi connectivity index (χ0v) is 9.54. The Labute approximate surface area is 91.8 Å². The molecule has 0 fully saturated rings. The zero-order valence-electron chi connectivity index (χ0n) is 7.96. The number of nitrogens with one attached hydrogen (secondary N) is 1. The average molecular weight is 257 g/mol. The van der Waals surface area contributed by atoms with Gasteiger partial charge in [0.1, 0.15) is 0 Å². The highest BCUT2D eigenvalue weighted by atomic mass is 79.9. The number of hydrogen-bond donors (Lipinski definition) is 2. The Morgan fingerprint density at radius 1 is 1.57 bits per heavy atom. The molecule has 0 radical (unpaired) electrons. The lowest BCUT2D eigenvalue weighted by atomic mass is 10.2. The summed E-state index contributed by atoms with van der Waals surface area (Å²) in [6, 6.07) is 7.29. The van der Waals surface area contributed by atoms with Crippen molar-refractivity contribution in [1.82, 2.24) is 5.32 Å². The number of carbonyl (C=O) groups is 1. The second kappa shape index (κ2) is 5.12. The molecule has 1 aromatic rings. The van der Waals surface area contributed by atoms with E-state index in [9.17, 15) is 4.79 Å². The van der Waals surface area contributed by atoms with E-state index in [-0.39, 0.29) is 5.91 Å². The van der Waals surface area contributed by atoms with E-state index in [1.54, 1.807) is 6.92 Å². The third kappa shape index (κ3) is 3.12. The van der Waals surface area contributed by atoms with Crippen LogP contribution in [0.25, 0.3) is 0 Å². The summed E-state index contributed by atoms with van der Waals surface area (Å²) in [5.74, 6) is -0.138. The maximum Gasteiger partial charge on any atom is 0.236 e. The summed E-state index contributed by atoms with van der Waals surface area (Å²) in [7, 11) is 0. The lowest BCUT2D eigenvalue weighted by molar-refractivity contribution is -0.122. The molecule has 0 aliphatic heterocycles. The van der Waals surface area contributed by atoms with Gasteiger partial charge in [-0.15, -0.1) is 0 Å². The molecule has 0 aromatic heterocycles. The molecule has 0 heterocycles. The van der Waals surface area contributed by atoms with E-state index in [0.29, 0.717) is 6.54 Å². The van der Waals surface area contributed by atoms with Crippen LogP contribution in [0.5, 0.6) is 0 Å². The number of benzene rings is 1. The molecule has 0 aliphatic rings. The Kier molecular flexibility index (Phi) is 4.10. The van der Waals surface area contributed by atoms with E-state index in [1.807, 2.05) is 24.3 Å². The van der Waals surface area contributed by atoms with Crippen LogP contribution >= 0.6 is 15.9 Å². The number of halogens is 1. The summed E-state index contributed by atoms with van der Waals surface area (Å²) < 4.78 is 0.991. The predicted octanol–water partition coefficient (Wildman–Crippen LogP) is 1.41. The first-order valence-electron chi connectivity index (χ1n) is 4.38. The van der Waals surface area contributed by atoms with Gasteiger partial charge in [0, 0.05) is 11.0 Å². The van der Waals surface area contributed by atoms with Crippen molar-refractivity contribution < 1.29 is 4.79 Å². The fraction of sp³-hybridized carbons (Fsp3) is 0.300. The maximum atomic E-state index is 11.2. The van der Waals surface area contributed by atoms with Gasteiger partial charge in [-0.05, 0) is 18.6 Å². The summed E-state index contributed by atoms with van der Waals surface area (Å²) in [6.07, 6.45) is 0. The van der Waals surface area contributed by atoms with Crippen molar-refractivity contribution in [2.24, 2.45) is 5.73 Å². The molecule has 3 nitrogen and oxygen atoms in total. The van der Waals surface area contributed by atoms with E-state index >= 15 is 0 Å². The lowest BCUT2D eigenvalue weighted by Crippen LogP contribution is -2.37. The molecular formula is C10H13BrN2O. The molecule has 4 heteroatoms. The van der Waals surface area contributed by atoms with Crippen LogP contribution in [0, 0.1) is 0 Å². The third-order valence-corrected chi connectivity index (χ3v) is 2.60. The number of hydrogen-bond acceptors (Lipinski definition) is 2. The first kappa shape index (κ1) is 11.2. The van der Waals surface area contributed by atoms with Gasteiger partial charge >= 0.3 is 0 Å². The Balaban J connectivity index is 2.54. The van der Waals surface area contributed by atoms with Gasteiger partial charge in [0.25, 0.3) is 0 Å². The molecule has 1 atom stereocenters. The topological polar surface area (TPSA) is 55.1 Å². The van der Waals surface area contributed by atoms with Gasteiger partial charge in [0.15, 0.2) is 0 Å². The van der Waals surface area contributed by atoms with Crippen molar-refractivity contribution in [3.63, 3.8) is 0 Å². The Bertz CT molecular complexity index is 326. The Morgan fingerprint density at radius 3 is 2.79 bits per heavy atom. The van der Waals surface area contributed by atoms with E-state index in [2.05, 4.69) is 21.2 Å². The molecule has 0 saturated carbocycles. The highest BCUT2D eigenvalue weighted by Crippen LogP contribution is 2.15. The molecule has 1 rings (SSSR count). The number of nitrogens with two attached hydrogens (primary N) is 1. The van der Waals surface area contributed by atoms with E-state index in [0.717, 1.165) is 10.0 Å². The lowest BCUT2D eigenvalue weighted by Gasteiger charge is -2.08. The van der Waals surface area contributed by atoms with Crippen LogP contribution in [0.4, 0.5) is 0 Å². The molecule has 1 amide bonds. The van der Waals surface area contributed by atoms with Crippen LogP contribution in [-0.2, 0) is 11.3 Å². The van der Waals surface area contributed by atoms with Crippen molar-refractivity contribution in [2.45, 2.75) is 19.5 Å². The van der Waals surface area contributed by atoms with Crippen molar-refractivity contribution >= 4 is 21.8 Å². The minimum absolute atomic E-state index is 0.138. The van der Waals surface area contributed by atoms with Gasteiger partial charge in [-0.3, -0.25) is 4.79 Å². The molecule has 14 heavy (non-hydrogen) atoms. The second-order valence-electron chi connectivity index (χ2n) is 3.10. The molecule has 0 unspecified atom stereocenters. The molecule has 0 bridgehead atoms. The minimum Gasteiger partial charge on any atom is -0.351 e. The normalized spacial score (nSPS) is 12.2. The van der Waals surface area contributed by atoms with Crippen LogP contribution in [-0.4, -0.2) is 11.9 Å². The summed E-state index contributed by atoms with van der Waals surface area (Å²) >= 11 is 3.40. The largest absolute Gasteiger partial charge is 0.351 e. The van der Waals surface area contributed by atoms with E-state index in [4.69, 9.17) is 5.73 Å². The summed E-state index contributed by atoms with van der Waals surface area (Å²) in [4.78, 5) is 11.2. The predicted molar refractivity (Wildman–Crippen MR) is 59.6 cm³/mol. The van der Waals surface area contributed by atoms with Crippen molar-refractivity contribution in [3.8, 4) is 0 Å². The molecule has 1 aromatic carbocycles. The molecule has 0 aliphatic carbocycles. The molecule has 0 saturated heterocycles. The molecule has 3 N–H and O–H groups in total. The maximum absolute atomic E-state index is 11.2. The van der Waals surface area contributed by atoms with Crippen LogP contribution in [0.15, 0.2) is 28.7 Å². The first-order chi connectivity index (χ1) is 6.61. The highest BCUT2D eigenvalue weighted by Gasteiger charge is 2.06. The number of carbonyl (C=O) groups excluding carboxylic acids is 1. The standard InChI is InChI=1S/C10H13BrN2O/c1-7(12)10(14)13-6-8-4-2-3-5-9(8)11/h2-5,7H,6,12H2,1H3,(H,13,14)/t7-/m0/s1. The van der Waals surface area contributed by atoms with Gasteiger partial charge in [0.05, 0.1) is 6.04 Å². The smallest absolute Gasteiger partial charge is 0.236 e. The van der Waals surface area contributed by atoms with Crippen LogP contribution < -0.4 is 11.1 Å². The highest BCUT2D eigenvalue weighted by molar-refractivity contribution is 9.10. The first-order valence-corrected chi connectivity index (χ1v) is 5.17. The number of amides is 1. The molecular weight excluding hydrogens is 244 g/mol. The van der Waals surface area contributed by atoms with Crippen LogP contribution in [0.1, 0.15) is 12.5 Å². The Morgan fingerprint density at radius 2 is 2.21 bits per heavy atom. The molecule has 76 valence electrons. The van der Waals surface area contributed by atoms with E-state index in [1.165, 1.54) is 0 Å².